The van der Waals surface area contributed by atoms with Crippen molar-refractivity contribution in [2.75, 3.05) is 50.7 Å². The minimum Gasteiger partial charge on any atom is -0.355 e. The van der Waals surface area contributed by atoms with Crippen molar-refractivity contribution in [3.05, 3.63) is 47.7 Å². The number of pyridine rings is 1. The molecule has 0 aliphatic carbocycles. The Bertz CT molecular complexity index is 955. The van der Waals surface area contributed by atoms with Crippen LogP contribution in [-0.4, -0.2) is 65.5 Å². The van der Waals surface area contributed by atoms with Gasteiger partial charge in [0.05, 0.1) is 17.4 Å². The van der Waals surface area contributed by atoms with Gasteiger partial charge in [-0.15, -0.1) is 5.10 Å². The molecule has 2 fully saturated rings. The molecule has 1 N–H and O–H groups in total. The molecular weight excluding hydrogens is 384 g/mol. The highest BCUT2D eigenvalue weighted by atomic mass is 35.5. The third-order valence-corrected chi connectivity index (χ3v) is 6.43. The second kappa shape index (κ2) is 8.30. The summed E-state index contributed by atoms with van der Waals surface area (Å²) < 4.78 is 1.99. The summed E-state index contributed by atoms with van der Waals surface area (Å²) in [6.45, 7) is 7.98. The largest absolute Gasteiger partial charge is 0.355 e. The fourth-order valence-corrected chi connectivity index (χ4v) is 4.67. The van der Waals surface area contributed by atoms with E-state index in [1.165, 1.54) is 32.5 Å². The summed E-state index contributed by atoms with van der Waals surface area (Å²) in [6, 6.07) is 9.90. The zero-order valence-electron chi connectivity index (χ0n) is 16.6. The average molecular weight is 411 g/mol. The van der Waals surface area contributed by atoms with E-state index >= 15 is 0 Å². The SMILES string of the molecule is Clc1ccc(-n2nc(N3CCC(CN4CCNCC4)CC3)c3ccncc32)cc1. The van der Waals surface area contributed by atoms with Gasteiger partial charge < -0.3 is 15.1 Å². The Morgan fingerprint density at radius 1 is 1.00 bits per heavy atom. The fourth-order valence-electron chi connectivity index (χ4n) is 4.55. The van der Waals surface area contributed by atoms with Gasteiger partial charge in [-0.3, -0.25) is 4.98 Å². The minimum atomic E-state index is 0.732. The summed E-state index contributed by atoms with van der Waals surface area (Å²) in [5, 5.41) is 10.3. The van der Waals surface area contributed by atoms with Gasteiger partial charge in [0.2, 0.25) is 0 Å². The van der Waals surface area contributed by atoms with Gasteiger partial charge in [-0.1, -0.05) is 11.6 Å². The molecule has 0 saturated carbocycles. The summed E-state index contributed by atoms with van der Waals surface area (Å²) in [5.74, 6) is 1.86. The van der Waals surface area contributed by atoms with E-state index in [0.717, 1.165) is 59.5 Å². The second-order valence-electron chi connectivity index (χ2n) is 8.09. The van der Waals surface area contributed by atoms with Crippen LogP contribution in [0.1, 0.15) is 12.8 Å². The molecule has 0 atom stereocenters. The van der Waals surface area contributed by atoms with Crippen molar-refractivity contribution in [1.29, 1.82) is 0 Å². The van der Waals surface area contributed by atoms with E-state index in [4.69, 9.17) is 16.7 Å². The van der Waals surface area contributed by atoms with E-state index in [2.05, 4.69) is 26.2 Å². The Morgan fingerprint density at radius 2 is 1.76 bits per heavy atom. The predicted octanol–water partition coefficient (Wildman–Crippen LogP) is 3.20. The normalized spacial score (nSPS) is 19.1. The minimum absolute atomic E-state index is 0.732. The first kappa shape index (κ1) is 18.9. The van der Waals surface area contributed by atoms with Crippen molar-refractivity contribution in [3.63, 3.8) is 0 Å². The molecule has 5 rings (SSSR count). The predicted molar refractivity (Wildman–Crippen MR) is 118 cm³/mol. The molecule has 29 heavy (non-hydrogen) atoms. The third kappa shape index (κ3) is 3.97. The summed E-state index contributed by atoms with van der Waals surface area (Å²) in [4.78, 5) is 9.40. The number of aromatic nitrogens is 3. The molecule has 2 aliphatic heterocycles. The molecule has 0 amide bonds. The zero-order chi connectivity index (χ0) is 19.6. The van der Waals surface area contributed by atoms with Crippen LogP contribution in [-0.2, 0) is 0 Å². The van der Waals surface area contributed by atoms with Crippen LogP contribution in [0, 0.1) is 5.92 Å². The monoisotopic (exact) mass is 410 g/mol. The Kier molecular flexibility index (Phi) is 5.40. The third-order valence-electron chi connectivity index (χ3n) is 6.18. The van der Waals surface area contributed by atoms with Crippen molar-refractivity contribution >= 4 is 28.3 Å². The van der Waals surface area contributed by atoms with Gasteiger partial charge >= 0.3 is 0 Å². The smallest absolute Gasteiger partial charge is 0.159 e. The van der Waals surface area contributed by atoms with Crippen molar-refractivity contribution < 1.29 is 0 Å². The van der Waals surface area contributed by atoms with Crippen LogP contribution in [0.3, 0.4) is 0 Å². The highest BCUT2D eigenvalue weighted by Crippen LogP contribution is 2.31. The topological polar surface area (TPSA) is 49.2 Å². The number of hydrogen-bond donors (Lipinski definition) is 1. The number of hydrogen-bond acceptors (Lipinski definition) is 5. The van der Waals surface area contributed by atoms with E-state index in [-0.39, 0.29) is 0 Å². The number of anilines is 1. The number of benzene rings is 1. The molecule has 2 aromatic heterocycles. The van der Waals surface area contributed by atoms with Gasteiger partial charge in [-0.25, -0.2) is 4.68 Å². The number of nitrogens with zero attached hydrogens (tertiary/aromatic N) is 5. The molecule has 2 aliphatic rings. The van der Waals surface area contributed by atoms with Crippen LogP contribution in [0.25, 0.3) is 16.6 Å². The van der Waals surface area contributed by atoms with E-state index in [0.29, 0.717) is 0 Å². The standard InChI is InChI=1S/C22H27ClN6/c23-18-1-3-19(4-2-18)29-21-15-25-8-5-20(21)22(26-29)28-11-6-17(7-12-28)16-27-13-9-24-10-14-27/h1-5,8,15,17,24H,6-7,9-14,16H2. The van der Waals surface area contributed by atoms with E-state index in [1.807, 2.05) is 41.3 Å². The van der Waals surface area contributed by atoms with E-state index in [9.17, 15) is 0 Å². The molecule has 1 aromatic carbocycles. The summed E-state index contributed by atoms with van der Waals surface area (Å²) in [5.41, 5.74) is 2.04. The van der Waals surface area contributed by atoms with Gasteiger partial charge in [0.1, 0.15) is 0 Å². The molecule has 3 aromatic rings. The van der Waals surface area contributed by atoms with Crippen LogP contribution >= 0.6 is 11.6 Å². The van der Waals surface area contributed by atoms with Crippen LogP contribution < -0.4 is 10.2 Å². The summed E-state index contributed by atoms with van der Waals surface area (Å²) in [6.07, 6.45) is 6.21. The lowest BCUT2D eigenvalue weighted by molar-refractivity contribution is 0.190. The van der Waals surface area contributed by atoms with Crippen molar-refractivity contribution in [2.45, 2.75) is 12.8 Å². The maximum atomic E-state index is 6.07. The Morgan fingerprint density at radius 3 is 2.52 bits per heavy atom. The fraction of sp³-hybridized carbons (Fsp3) is 0.455. The molecule has 4 heterocycles. The summed E-state index contributed by atoms with van der Waals surface area (Å²) in [7, 11) is 0. The van der Waals surface area contributed by atoms with E-state index < -0.39 is 0 Å². The molecule has 7 heteroatoms. The zero-order valence-corrected chi connectivity index (χ0v) is 17.4. The number of rotatable bonds is 4. The number of halogens is 1. The molecular formula is C22H27ClN6. The Hall–Kier alpha value is -2.15. The molecule has 0 spiro atoms. The first-order chi connectivity index (χ1) is 14.3. The lowest BCUT2D eigenvalue weighted by Crippen LogP contribution is -2.47. The van der Waals surface area contributed by atoms with Crippen LogP contribution in [0.4, 0.5) is 5.82 Å². The number of nitrogens with one attached hydrogen (secondary N) is 1. The second-order valence-corrected chi connectivity index (χ2v) is 8.52. The lowest BCUT2D eigenvalue weighted by Gasteiger charge is -2.36. The highest BCUT2D eigenvalue weighted by molar-refractivity contribution is 6.30. The first-order valence-corrected chi connectivity index (χ1v) is 10.9. The van der Waals surface area contributed by atoms with E-state index in [1.54, 1.807) is 0 Å². The quantitative estimate of drug-likeness (QED) is 0.715. The average Bonchev–Trinajstić information content (AvgIpc) is 3.15. The van der Waals surface area contributed by atoms with Crippen LogP contribution in [0.5, 0.6) is 0 Å². The molecule has 152 valence electrons. The molecule has 6 nitrogen and oxygen atoms in total. The maximum Gasteiger partial charge on any atom is 0.159 e. The first-order valence-electron chi connectivity index (χ1n) is 10.5. The number of fused-ring (bicyclic) bond motifs is 1. The van der Waals surface area contributed by atoms with Crippen molar-refractivity contribution in [2.24, 2.45) is 5.92 Å². The molecule has 0 radical (unpaired) electrons. The van der Waals surface area contributed by atoms with Crippen molar-refractivity contribution in [1.82, 2.24) is 25.0 Å². The molecule has 0 bridgehead atoms. The maximum absolute atomic E-state index is 6.07. The van der Waals surface area contributed by atoms with Gasteiger partial charge in [0, 0.05) is 62.4 Å². The lowest BCUT2D eigenvalue weighted by atomic mass is 9.96. The highest BCUT2D eigenvalue weighted by Gasteiger charge is 2.25. The number of piperidine rings is 1. The summed E-state index contributed by atoms with van der Waals surface area (Å²) >= 11 is 6.07. The van der Waals surface area contributed by atoms with Gasteiger partial charge in [-0.05, 0) is 49.1 Å². The Balaban J connectivity index is 1.35. The molecule has 0 unspecified atom stereocenters. The van der Waals surface area contributed by atoms with Gasteiger partial charge in [0.25, 0.3) is 0 Å². The van der Waals surface area contributed by atoms with Crippen LogP contribution in [0.15, 0.2) is 42.7 Å². The Labute approximate surface area is 176 Å². The van der Waals surface area contributed by atoms with Gasteiger partial charge in [-0.2, -0.15) is 0 Å². The molecule has 2 saturated heterocycles. The van der Waals surface area contributed by atoms with Crippen LogP contribution in [0.2, 0.25) is 5.02 Å². The van der Waals surface area contributed by atoms with Gasteiger partial charge in [0.15, 0.2) is 5.82 Å². The van der Waals surface area contributed by atoms with Crippen molar-refractivity contribution in [3.8, 4) is 5.69 Å². The number of piperazine rings is 1.